The van der Waals surface area contributed by atoms with Gasteiger partial charge in [0.05, 0.1) is 17.2 Å². The monoisotopic (exact) mass is 413 g/mol. The average molecular weight is 414 g/mol. The van der Waals surface area contributed by atoms with E-state index in [9.17, 15) is 14.4 Å². The lowest BCUT2D eigenvalue weighted by molar-refractivity contribution is -0.144. The van der Waals surface area contributed by atoms with Crippen LogP contribution in [-0.4, -0.2) is 58.9 Å². The average Bonchev–Trinajstić information content (AvgIpc) is 2.68. The van der Waals surface area contributed by atoms with Crippen LogP contribution in [0.15, 0.2) is 18.3 Å². The lowest BCUT2D eigenvalue weighted by Crippen LogP contribution is -2.39. The molecule has 0 bridgehead atoms. The van der Waals surface area contributed by atoms with Gasteiger partial charge in [0.1, 0.15) is 0 Å². The first kappa shape index (κ1) is 21.5. The second-order valence-electron chi connectivity index (χ2n) is 6.34. The van der Waals surface area contributed by atoms with E-state index < -0.39 is 18.5 Å². The van der Waals surface area contributed by atoms with Crippen molar-refractivity contribution in [1.29, 1.82) is 0 Å². The first-order valence-electron chi connectivity index (χ1n) is 8.86. The number of carbonyl (C=O) groups is 3. The second kappa shape index (κ2) is 11.1. The predicted molar refractivity (Wildman–Crippen MR) is 106 cm³/mol. The molecular formula is C18H24ClN3O4S. The molecule has 27 heavy (non-hydrogen) atoms. The van der Waals surface area contributed by atoms with Gasteiger partial charge in [-0.15, -0.1) is 11.8 Å². The van der Waals surface area contributed by atoms with Gasteiger partial charge in [-0.2, -0.15) is 0 Å². The van der Waals surface area contributed by atoms with Gasteiger partial charge in [0.15, 0.2) is 11.8 Å². The van der Waals surface area contributed by atoms with Crippen LogP contribution in [0.5, 0.6) is 0 Å². The van der Waals surface area contributed by atoms with Gasteiger partial charge in [-0.05, 0) is 25.0 Å². The molecule has 1 heterocycles. The molecule has 0 atom stereocenters. The predicted octanol–water partition coefficient (Wildman–Crippen LogP) is 2.74. The number of halogens is 1. The van der Waals surface area contributed by atoms with Crippen molar-refractivity contribution in [2.24, 2.45) is 0 Å². The van der Waals surface area contributed by atoms with Crippen LogP contribution in [0.25, 0.3) is 0 Å². The molecule has 0 saturated heterocycles. The van der Waals surface area contributed by atoms with Crippen molar-refractivity contribution in [3.8, 4) is 0 Å². The van der Waals surface area contributed by atoms with E-state index in [0.717, 1.165) is 25.7 Å². The molecule has 0 unspecified atom stereocenters. The molecule has 1 aliphatic carbocycles. The fourth-order valence-corrected chi connectivity index (χ4v) is 3.75. The third-order valence-electron chi connectivity index (χ3n) is 4.36. The largest absolute Gasteiger partial charge is 0.455 e. The zero-order chi connectivity index (χ0) is 19.6. The van der Waals surface area contributed by atoms with E-state index >= 15 is 0 Å². The highest BCUT2D eigenvalue weighted by molar-refractivity contribution is 8.00. The number of hydrogen-bond acceptors (Lipinski definition) is 6. The summed E-state index contributed by atoms with van der Waals surface area (Å²) in [7, 11) is 1.82. The summed E-state index contributed by atoms with van der Waals surface area (Å²) < 4.78 is 4.91. The van der Waals surface area contributed by atoms with Crippen LogP contribution in [0, 0.1) is 0 Å². The van der Waals surface area contributed by atoms with Crippen LogP contribution in [-0.2, 0) is 19.1 Å². The standard InChI is InChI=1S/C18H24ClN3O4S/c1-22(13-6-3-2-4-7-13)16(24)11-27-12-17(25)26-10-15(23)21-14-8-5-9-20-18(14)19/h5,8-9,13H,2-4,6-7,10-12H2,1H3,(H,21,23). The quantitative estimate of drug-likeness (QED) is 0.520. The Hall–Kier alpha value is -1.80. The maximum atomic E-state index is 12.2. The number of amides is 2. The molecule has 0 spiro atoms. The van der Waals surface area contributed by atoms with Crippen molar-refractivity contribution in [3.05, 3.63) is 23.5 Å². The third-order valence-corrected chi connectivity index (χ3v) is 5.55. The minimum absolute atomic E-state index is 0.0173. The Balaban J connectivity index is 1.62. The molecule has 1 aliphatic rings. The van der Waals surface area contributed by atoms with Crippen molar-refractivity contribution >= 4 is 46.8 Å². The number of nitrogens with one attached hydrogen (secondary N) is 1. The van der Waals surface area contributed by atoms with Gasteiger partial charge in [0.25, 0.3) is 5.91 Å². The van der Waals surface area contributed by atoms with Crippen LogP contribution >= 0.6 is 23.4 Å². The van der Waals surface area contributed by atoms with Crippen molar-refractivity contribution < 1.29 is 19.1 Å². The Labute approximate surface area is 168 Å². The summed E-state index contributed by atoms with van der Waals surface area (Å²) in [5, 5.41) is 2.67. The number of anilines is 1. The lowest BCUT2D eigenvalue weighted by Gasteiger charge is -2.31. The molecule has 0 radical (unpaired) electrons. The highest BCUT2D eigenvalue weighted by atomic mass is 35.5. The molecule has 1 saturated carbocycles. The first-order chi connectivity index (χ1) is 13.0. The molecule has 0 aromatic carbocycles. The molecule has 0 aliphatic heterocycles. The van der Waals surface area contributed by atoms with Crippen LogP contribution < -0.4 is 5.32 Å². The van der Waals surface area contributed by atoms with E-state index in [4.69, 9.17) is 16.3 Å². The van der Waals surface area contributed by atoms with E-state index in [1.165, 1.54) is 24.4 Å². The number of rotatable bonds is 8. The Morgan fingerprint density at radius 3 is 2.74 bits per heavy atom. The zero-order valence-corrected chi connectivity index (χ0v) is 16.9. The fraction of sp³-hybridized carbons (Fsp3) is 0.556. The molecule has 2 rings (SSSR count). The Morgan fingerprint density at radius 2 is 2.04 bits per heavy atom. The molecule has 1 N–H and O–H groups in total. The topological polar surface area (TPSA) is 88.6 Å². The number of nitrogens with zero attached hydrogens (tertiary/aromatic N) is 2. The number of pyridine rings is 1. The van der Waals surface area contributed by atoms with Crippen molar-refractivity contribution in [1.82, 2.24) is 9.88 Å². The molecule has 1 fully saturated rings. The summed E-state index contributed by atoms with van der Waals surface area (Å²) in [6, 6.07) is 3.53. The highest BCUT2D eigenvalue weighted by Gasteiger charge is 2.22. The maximum Gasteiger partial charge on any atom is 0.316 e. The Kier molecular flexibility index (Phi) is 8.87. The summed E-state index contributed by atoms with van der Waals surface area (Å²) in [6.07, 6.45) is 7.15. The highest BCUT2D eigenvalue weighted by Crippen LogP contribution is 2.22. The van der Waals surface area contributed by atoms with Crippen LogP contribution in [0.1, 0.15) is 32.1 Å². The molecular weight excluding hydrogens is 390 g/mol. The second-order valence-corrected chi connectivity index (χ2v) is 7.68. The van der Waals surface area contributed by atoms with E-state index in [2.05, 4.69) is 10.3 Å². The minimum Gasteiger partial charge on any atom is -0.455 e. The maximum absolute atomic E-state index is 12.2. The minimum atomic E-state index is -0.541. The smallest absolute Gasteiger partial charge is 0.316 e. The van der Waals surface area contributed by atoms with E-state index in [1.54, 1.807) is 17.0 Å². The summed E-state index contributed by atoms with van der Waals surface area (Å²) in [4.78, 5) is 41.3. The normalized spacial score (nSPS) is 14.4. The lowest BCUT2D eigenvalue weighted by atomic mass is 9.94. The molecule has 1 aromatic rings. The van der Waals surface area contributed by atoms with Gasteiger partial charge < -0.3 is 15.0 Å². The van der Waals surface area contributed by atoms with Gasteiger partial charge in [-0.3, -0.25) is 14.4 Å². The molecule has 1 aromatic heterocycles. The molecule has 148 valence electrons. The van der Waals surface area contributed by atoms with E-state index in [0.29, 0.717) is 11.7 Å². The van der Waals surface area contributed by atoms with Gasteiger partial charge in [0.2, 0.25) is 5.91 Å². The third kappa shape index (κ3) is 7.38. The van der Waals surface area contributed by atoms with Crippen molar-refractivity contribution in [2.45, 2.75) is 38.1 Å². The van der Waals surface area contributed by atoms with Gasteiger partial charge in [-0.25, -0.2) is 4.98 Å². The van der Waals surface area contributed by atoms with Crippen molar-refractivity contribution in [2.75, 3.05) is 30.5 Å². The summed E-state index contributed by atoms with van der Waals surface area (Å²) in [5.74, 6) is -0.786. The Morgan fingerprint density at radius 1 is 1.30 bits per heavy atom. The van der Waals surface area contributed by atoms with Crippen molar-refractivity contribution in [3.63, 3.8) is 0 Å². The zero-order valence-electron chi connectivity index (χ0n) is 15.3. The molecule has 9 heteroatoms. The van der Waals surface area contributed by atoms with E-state index in [-0.39, 0.29) is 22.6 Å². The van der Waals surface area contributed by atoms with E-state index in [1.807, 2.05) is 7.05 Å². The summed E-state index contributed by atoms with van der Waals surface area (Å²) >= 11 is 7.03. The first-order valence-corrected chi connectivity index (χ1v) is 10.4. The van der Waals surface area contributed by atoms with Gasteiger partial charge >= 0.3 is 5.97 Å². The van der Waals surface area contributed by atoms with Gasteiger partial charge in [0, 0.05) is 19.3 Å². The molecule has 7 nitrogen and oxygen atoms in total. The fourth-order valence-electron chi connectivity index (χ4n) is 2.85. The number of esters is 1. The summed E-state index contributed by atoms with van der Waals surface area (Å²) in [6.45, 7) is -0.416. The van der Waals surface area contributed by atoms with Crippen LogP contribution in [0.3, 0.4) is 0 Å². The van der Waals surface area contributed by atoms with Crippen LogP contribution in [0.4, 0.5) is 5.69 Å². The number of ether oxygens (including phenoxy) is 1. The summed E-state index contributed by atoms with van der Waals surface area (Å²) in [5.41, 5.74) is 0.353. The number of hydrogen-bond donors (Lipinski definition) is 1. The van der Waals surface area contributed by atoms with Gasteiger partial charge in [-0.1, -0.05) is 30.9 Å². The number of thioether (sulfide) groups is 1. The number of carbonyl (C=O) groups excluding carboxylic acids is 3. The number of aromatic nitrogens is 1. The Bertz CT molecular complexity index is 668. The molecule has 2 amide bonds. The van der Waals surface area contributed by atoms with Crippen LogP contribution in [0.2, 0.25) is 5.15 Å². The SMILES string of the molecule is CN(C(=O)CSCC(=O)OCC(=O)Nc1cccnc1Cl)C1CCCCC1.